The number of carbonyl (C=O) groups excluding carboxylic acids is 1. The van der Waals surface area contributed by atoms with Crippen molar-refractivity contribution >= 4 is 11.6 Å². The van der Waals surface area contributed by atoms with Crippen LogP contribution in [0.2, 0.25) is 0 Å². The number of hydrogen-bond acceptors (Lipinski definition) is 3. The molecule has 0 saturated carbocycles. The van der Waals surface area contributed by atoms with Gasteiger partial charge in [0.05, 0.1) is 5.56 Å². The first-order valence-corrected chi connectivity index (χ1v) is 7.22. The number of carbonyl (C=O) groups is 1. The zero-order valence-electron chi connectivity index (χ0n) is 12.5. The molecule has 0 aliphatic rings. The van der Waals surface area contributed by atoms with Crippen molar-refractivity contribution in [1.29, 1.82) is 0 Å². The molecule has 0 bridgehead atoms. The fraction of sp³-hybridized carbons (Fsp3) is 0.294. The van der Waals surface area contributed by atoms with Crippen LogP contribution in [-0.4, -0.2) is 17.4 Å². The summed E-state index contributed by atoms with van der Waals surface area (Å²) >= 11 is 0. The van der Waals surface area contributed by atoms with Crippen molar-refractivity contribution in [3.63, 3.8) is 0 Å². The summed E-state index contributed by atoms with van der Waals surface area (Å²) in [5.74, 6) is -0.0684. The molecule has 4 heteroatoms. The van der Waals surface area contributed by atoms with Crippen molar-refractivity contribution in [1.82, 2.24) is 10.3 Å². The SMILES string of the molecule is CCCNc1ccc(C)cc1C(=O)NCc1cccnc1. The molecule has 2 aromatic rings. The molecule has 0 spiro atoms. The highest BCUT2D eigenvalue weighted by atomic mass is 16.1. The number of nitrogens with zero attached hydrogens (tertiary/aromatic N) is 1. The molecule has 1 aromatic carbocycles. The van der Waals surface area contributed by atoms with Crippen molar-refractivity contribution in [3.8, 4) is 0 Å². The van der Waals surface area contributed by atoms with Crippen molar-refractivity contribution in [2.75, 3.05) is 11.9 Å². The van der Waals surface area contributed by atoms with Crippen molar-refractivity contribution in [2.24, 2.45) is 0 Å². The summed E-state index contributed by atoms with van der Waals surface area (Å²) < 4.78 is 0. The number of amides is 1. The second-order valence-corrected chi connectivity index (χ2v) is 5.02. The average Bonchev–Trinajstić information content (AvgIpc) is 2.52. The van der Waals surface area contributed by atoms with Gasteiger partial charge in [-0.15, -0.1) is 0 Å². The number of aryl methyl sites for hydroxylation is 1. The van der Waals surface area contributed by atoms with Crippen LogP contribution < -0.4 is 10.6 Å². The molecule has 0 radical (unpaired) electrons. The molecule has 0 saturated heterocycles. The second kappa shape index (κ2) is 7.43. The first-order chi connectivity index (χ1) is 10.2. The zero-order chi connectivity index (χ0) is 15.1. The smallest absolute Gasteiger partial charge is 0.253 e. The molecule has 1 aromatic heterocycles. The summed E-state index contributed by atoms with van der Waals surface area (Å²) in [6.45, 7) is 5.42. The van der Waals surface area contributed by atoms with Crippen LogP contribution >= 0.6 is 0 Å². The van der Waals surface area contributed by atoms with Gasteiger partial charge in [-0.05, 0) is 37.1 Å². The first-order valence-electron chi connectivity index (χ1n) is 7.22. The first kappa shape index (κ1) is 15.0. The highest BCUT2D eigenvalue weighted by Gasteiger charge is 2.11. The summed E-state index contributed by atoms with van der Waals surface area (Å²) in [5, 5.41) is 6.24. The Kier molecular flexibility index (Phi) is 5.32. The number of aromatic nitrogens is 1. The van der Waals surface area contributed by atoms with Gasteiger partial charge < -0.3 is 10.6 Å². The van der Waals surface area contributed by atoms with Crippen molar-refractivity contribution in [3.05, 3.63) is 59.4 Å². The molecular weight excluding hydrogens is 262 g/mol. The van der Waals surface area contributed by atoms with Crippen LogP contribution in [0, 0.1) is 6.92 Å². The van der Waals surface area contributed by atoms with Crippen LogP contribution in [-0.2, 0) is 6.54 Å². The molecule has 110 valence electrons. The number of nitrogens with one attached hydrogen (secondary N) is 2. The van der Waals surface area contributed by atoms with Crippen LogP contribution in [0.5, 0.6) is 0 Å². The maximum Gasteiger partial charge on any atom is 0.253 e. The van der Waals surface area contributed by atoms with Gasteiger partial charge in [0.1, 0.15) is 0 Å². The third-order valence-electron chi connectivity index (χ3n) is 3.16. The summed E-state index contributed by atoms with van der Waals surface area (Å²) in [4.78, 5) is 16.4. The Balaban J connectivity index is 2.08. The van der Waals surface area contributed by atoms with Crippen molar-refractivity contribution in [2.45, 2.75) is 26.8 Å². The lowest BCUT2D eigenvalue weighted by Gasteiger charge is -2.12. The molecule has 0 unspecified atom stereocenters. The van der Waals surface area contributed by atoms with E-state index < -0.39 is 0 Å². The van der Waals surface area contributed by atoms with Crippen LogP contribution in [0.15, 0.2) is 42.7 Å². The molecule has 1 amide bonds. The van der Waals surface area contributed by atoms with Gasteiger partial charge in [-0.3, -0.25) is 9.78 Å². The van der Waals surface area contributed by atoms with Gasteiger partial charge in [-0.2, -0.15) is 0 Å². The van der Waals surface area contributed by atoms with Crippen molar-refractivity contribution < 1.29 is 4.79 Å². The summed E-state index contributed by atoms with van der Waals surface area (Å²) in [5.41, 5.74) is 3.63. The van der Waals surface area contributed by atoms with E-state index >= 15 is 0 Å². The highest BCUT2D eigenvalue weighted by Crippen LogP contribution is 2.17. The Bertz CT molecular complexity index is 596. The largest absolute Gasteiger partial charge is 0.384 e. The maximum atomic E-state index is 12.4. The zero-order valence-corrected chi connectivity index (χ0v) is 12.5. The van der Waals surface area contributed by atoms with E-state index in [0.717, 1.165) is 29.8 Å². The minimum atomic E-state index is -0.0684. The molecule has 0 aliphatic carbocycles. The topological polar surface area (TPSA) is 54.0 Å². The fourth-order valence-electron chi connectivity index (χ4n) is 2.04. The van der Waals surface area contributed by atoms with E-state index in [0.29, 0.717) is 12.1 Å². The molecule has 1 heterocycles. The molecule has 0 fully saturated rings. The van der Waals surface area contributed by atoms with Crippen LogP contribution in [0.1, 0.15) is 34.8 Å². The fourth-order valence-corrected chi connectivity index (χ4v) is 2.04. The Hall–Kier alpha value is -2.36. The highest BCUT2D eigenvalue weighted by molar-refractivity contribution is 5.99. The summed E-state index contributed by atoms with van der Waals surface area (Å²) in [6.07, 6.45) is 4.50. The molecule has 21 heavy (non-hydrogen) atoms. The van der Waals surface area contributed by atoms with Gasteiger partial charge in [0, 0.05) is 31.2 Å². The monoisotopic (exact) mass is 283 g/mol. The molecule has 0 atom stereocenters. The maximum absolute atomic E-state index is 12.4. The Morgan fingerprint density at radius 2 is 2.14 bits per heavy atom. The predicted octanol–water partition coefficient (Wildman–Crippen LogP) is 3.14. The van der Waals surface area contributed by atoms with Crippen LogP contribution in [0.3, 0.4) is 0 Å². The summed E-state index contributed by atoms with van der Waals surface area (Å²) in [7, 11) is 0. The van der Waals surface area contributed by atoms with Gasteiger partial charge in [0.15, 0.2) is 0 Å². The Morgan fingerprint density at radius 1 is 1.29 bits per heavy atom. The summed E-state index contributed by atoms with van der Waals surface area (Å²) in [6, 6.07) is 9.69. The number of hydrogen-bond donors (Lipinski definition) is 2. The minimum Gasteiger partial charge on any atom is -0.384 e. The van der Waals surface area contributed by atoms with Crippen LogP contribution in [0.25, 0.3) is 0 Å². The number of benzene rings is 1. The average molecular weight is 283 g/mol. The predicted molar refractivity (Wildman–Crippen MR) is 85.4 cm³/mol. The lowest BCUT2D eigenvalue weighted by Crippen LogP contribution is -2.24. The molecule has 0 aliphatic heterocycles. The van der Waals surface area contributed by atoms with E-state index in [1.165, 1.54) is 0 Å². The van der Waals surface area contributed by atoms with E-state index in [-0.39, 0.29) is 5.91 Å². The van der Waals surface area contributed by atoms with Gasteiger partial charge in [-0.1, -0.05) is 24.6 Å². The third-order valence-corrected chi connectivity index (χ3v) is 3.16. The molecule has 2 rings (SSSR count). The van der Waals surface area contributed by atoms with Gasteiger partial charge in [0.2, 0.25) is 0 Å². The normalized spacial score (nSPS) is 10.2. The minimum absolute atomic E-state index is 0.0684. The van der Waals surface area contributed by atoms with E-state index in [2.05, 4.69) is 22.5 Å². The molecule has 4 nitrogen and oxygen atoms in total. The number of rotatable bonds is 6. The second-order valence-electron chi connectivity index (χ2n) is 5.02. The number of pyridine rings is 1. The Morgan fingerprint density at radius 3 is 2.86 bits per heavy atom. The van der Waals surface area contributed by atoms with E-state index in [1.54, 1.807) is 12.4 Å². The molecular formula is C17H21N3O. The van der Waals surface area contributed by atoms with E-state index in [4.69, 9.17) is 0 Å². The van der Waals surface area contributed by atoms with E-state index in [1.807, 2.05) is 37.3 Å². The Labute approximate surface area is 125 Å². The third kappa shape index (κ3) is 4.31. The standard InChI is InChI=1S/C17H21N3O/c1-3-8-19-16-7-6-13(2)10-15(16)17(21)20-12-14-5-4-9-18-11-14/h4-7,9-11,19H,3,8,12H2,1-2H3,(H,20,21). The quantitative estimate of drug-likeness (QED) is 0.856. The van der Waals surface area contributed by atoms with Crippen LogP contribution in [0.4, 0.5) is 5.69 Å². The molecule has 2 N–H and O–H groups in total. The lowest BCUT2D eigenvalue weighted by atomic mass is 10.1. The lowest BCUT2D eigenvalue weighted by molar-refractivity contribution is 0.0951. The van der Waals surface area contributed by atoms with E-state index in [9.17, 15) is 4.79 Å². The van der Waals surface area contributed by atoms with Gasteiger partial charge >= 0.3 is 0 Å². The van der Waals surface area contributed by atoms with Gasteiger partial charge in [-0.25, -0.2) is 0 Å². The van der Waals surface area contributed by atoms with Gasteiger partial charge in [0.25, 0.3) is 5.91 Å². The number of anilines is 1.